The van der Waals surface area contributed by atoms with Crippen molar-refractivity contribution in [2.45, 2.75) is 32.4 Å². The van der Waals surface area contributed by atoms with Crippen molar-refractivity contribution >= 4 is 12.1 Å². The maximum atomic E-state index is 12.9. The van der Waals surface area contributed by atoms with E-state index in [0.717, 1.165) is 18.6 Å². The zero-order valence-corrected chi connectivity index (χ0v) is 17.6. The largest absolute Gasteiger partial charge is 0.484 e. The molecule has 1 N–H and O–H groups in total. The summed E-state index contributed by atoms with van der Waals surface area (Å²) in [7, 11) is 0. The lowest BCUT2D eigenvalue weighted by molar-refractivity contribution is -0.137. The van der Waals surface area contributed by atoms with Gasteiger partial charge in [-0.2, -0.15) is 18.3 Å². The third-order valence-electron chi connectivity index (χ3n) is 4.91. The molecule has 0 fully saturated rings. The summed E-state index contributed by atoms with van der Waals surface area (Å²) in [6.45, 7) is 4.05. The zero-order valence-electron chi connectivity index (χ0n) is 17.6. The Labute approximate surface area is 183 Å². The number of nitrogens with zero attached hydrogens (tertiary/aromatic N) is 1. The number of hydrogen-bond acceptors (Lipinski definition) is 4. The molecule has 0 saturated heterocycles. The Hall–Kier alpha value is -3.55. The van der Waals surface area contributed by atoms with Gasteiger partial charge in [-0.05, 0) is 54.3 Å². The van der Waals surface area contributed by atoms with E-state index in [-0.39, 0.29) is 23.7 Å². The summed E-state index contributed by atoms with van der Waals surface area (Å²) in [6.07, 6.45) is -2.14. The molecule has 2 aromatic carbocycles. The molecule has 0 aliphatic carbocycles. The van der Waals surface area contributed by atoms with Gasteiger partial charge in [0.2, 0.25) is 0 Å². The number of nitrogens with one attached hydrogen (secondary N) is 1. The van der Waals surface area contributed by atoms with Crippen LogP contribution in [-0.2, 0) is 11.0 Å². The van der Waals surface area contributed by atoms with Gasteiger partial charge in [-0.1, -0.05) is 38.1 Å². The zero-order chi connectivity index (χ0) is 23.1. The second kappa shape index (κ2) is 10.2. The Morgan fingerprint density at radius 2 is 1.91 bits per heavy atom. The number of carbonyl (C=O) groups excluding carboxylic acids is 1. The number of halogens is 3. The molecule has 3 aromatic rings. The number of rotatable bonds is 8. The number of hydrazone groups is 1. The van der Waals surface area contributed by atoms with Gasteiger partial charge in [-0.3, -0.25) is 4.79 Å². The van der Waals surface area contributed by atoms with Crippen LogP contribution in [0.1, 0.15) is 43.1 Å². The van der Waals surface area contributed by atoms with E-state index in [9.17, 15) is 18.0 Å². The monoisotopic (exact) mass is 444 g/mol. The van der Waals surface area contributed by atoms with Crippen molar-refractivity contribution in [2.75, 3.05) is 6.61 Å². The number of amides is 1. The van der Waals surface area contributed by atoms with Crippen LogP contribution in [0.5, 0.6) is 5.75 Å². The first-order valence-corrected chi connectivity index (χ1v) is 10.1. The molecule has 1 heterocycles. The van der Waals surface area contributed by atoms with Gasteiger partial charge in [-0.25, -0.2) is 5.43 Å². The van der Waals surface area contributed by atoms with Crippen LogP contribution in [0.4, 0.5) is 13.2 Å². The molecule has 1 aromatic heterocycles. The number of furan rings is 1. The van der Waals surface area contributed by atoms with E-state index in [1.165, 1.54) is 30.0 Å². The van der Waals surface area contributed by atoms with Gasteiger partial charge < -0.3 is 9.15 Å². The lowest BCUT2D eigenvalue weighted by Gasteiger charge is -2.10. The molecule has 8 heteroatoms. The predicted molar refractivity (Wildman–Crippen MR) is 116 cm³/mol. The fourth-order valence-corrected chi connectivity index (χ4v) is 2.90. The summed E-state index contributed by atoms with van der Waals surface area (Å²) in [4.78, 5) is 11.9. The lowest BCUT2D eigenvalue weighted by Crippen LogP contribution is -2.24. The molecule has 0 spiro atoms. The molecule has 0 bridgehead atoms. The van der Waals surface area contributed by atoms with E-state index in [0.29, 0.717) is 11.7 Å². The SMILES string of the molecule is CC[C@H](C)c1ccc(OCC(=O)N/N=C\c2ccc(-c3cccc(C(F)(F)F)c3)o2)cc1. The van der Waals surface area contributed by atoms with Gasteiger partial charge in [0.1, 0.15) is 17.3 Å². The minimum atomic E-state index is -4.44. The molecule has 0 aliphatic heterocycles. The van der Waals surface area contributed by atoms with Crippen LogP contribution in [0, 0.1) is 0 Å². The highest BCUT2D eigenvalue weighted by Crippen LogP contribution is 2.32. The minimum Gasteiger partial charge on any atom is -0.484 e. The molecular weight excluding hydrogens is 421 g/mol. The maximum absolute atomic E-state index is 12.9. The molecule has 3 rings (SSSR count). The van der Waals surface area contributed by atoms with Gasteiger partial charge in [-0.15, -0.1) is 0 Å². The van der Waals surface area contributed by atoms with Crippen LogP contribution >= 0.6 is 0 Å². The van der Waals surface area contributed by atoms with Crippen LogP contribution in [0.15, 0.2) is 70.2 Å². The number of carbonyl (C=O) groups is 1. The first kappa shape index (κ1) is 23.1. The molecule has 0 unspecified atom stereocenters. The van der Waals surface area contributed by atoms with Gasteiger partial charge >= 0.3 is 6.18 Å². The van der Waals surface area contributed by atoms with Crippen molar-refractivity contribution in [2.24, 2.45) is 5.10 Å². The van der Waals surface area contributed by atoms with Crippen LogP contribution in [0.25, 0.3) is 11.3 Å². The van der Waals surface area contributed by atoms with Crippen LogP contribution in [0.3, 0.4) is 0 Å². The Bertz CT molecular complexity index is 1070. The molecule has 0 saturated carbocycles. The third kappa shape index (κ3) is 6.23. The number of benzene rings is 2. The number of ether oxygens (including phenoxy) is 1. The van der Waals surface area contributed by atoms with E-state index in [2.05, 4.69) is 24.4 Å². The normalized spacial score (nSPS) is 12.7. The second-order valence-electron chi connectivity index (χ2n) is 7.24. The van der Waals surface area contributed by atoms with Crippen molar-refractivity contribution in [1.82, 2.24) is 5.43 Å². The Morgan fingerprint density at radius 1 is 1.16 bits per heavy atom. The molecule has 32 heavy (non-hydrogen) atoms. The summed E-state index contributed by atoms with van der Waals surface area (Å²) in [5, 5.41) is 3.79. The van der Waals surface area contributed by atoms with Crippen molar-refractivity contribution in [1.29, 1.82) is 0 Å². The van der Waals surface area contributed by atoms with Crippen LogP contribution in [0.2, 0.25) is 0 Å². The van der Waals surface area contributed by atoms with E-state index >= 15 is 0 Å². The molecule has 168 valence electrons. The van der Waals surface area contributed by atoms with Gasteiger partial charge in [0, 0.05) is 5.56 Å². The van der Waals surface area contributed by atoms with Crippen LogP contribution in [-0.4, -0.2) is 18.7 Å². The molecule has 0 aliphatic rings. The summed E-state index contributed by atoms with van der Waals surface area (Å²) in [5.41, 5.74) is 3.05. The Morgan fingerprint density at radius 3 is 2.59 bits per heavy atom. The van der Waals surface area contributed by atoms with Gasteiger partial charge in [0.25, 0.3) is 5.91 Å². The Balaban J connectivity index is 1.51. The van der Waals surface area contributed by atoms with Crippen molar-refractivity contribution in [3.63, 3.8) is 0 Å². The molecule has 1 amide bonds. The highest BCUT2D eigenvalue weighted by molar-refractivity contribution is 5.81. The summed E-state index contributed by atoms with van der Waals surface area (Å²) in [6, 6.07) is 15.5. The van der Waals surface area contributed by atoms with E-state index in [4.69, 9.17) is 9.15 Å². The Kier molecular flexibility index (Phi) is 7.35. The maximum Gasteiger partial charge on any atom is 0.416 e. The smallest absolute Gasteiger partial charge is 0.416 e. The fraction of sp³-hybridized carbons (Fsp3) is 0.250. The highest BCUT2D eigenvalue weighted by atomic mass is 19.4. The summed E-state index contributed by atoms with van der Waals surface area (Å²) >= 11 is 0. The number of alkyl halides is 3. The fourth-order valence-electron chi connectivity index (χ4n) is 2.90. The minimum absolute atomic E-state index is 0.215. The average Bonchev–Trinajstić information content (AvgIpc) is 3.26. The molecular formula is C24H23F3N2O3. The van der Waals surface area contributed by atoms with E-state index in [1.807, 2.05) is 24.3 Å². The van der Waals surface area contributed by atoms with Crippen molar-refractivity contribution in [3.05, 3.63) is 77.6 Å². The average molecular weight is 444 g/mol. The van der Waals surface area contributed by atoms with E-state index < -0.39 is 17.6 Å². The summed E-state index contributed by atoms with van der Waals surface area (Å²) in [5.74, 6) is 1.11. The molecule has 0 radical (unpaired) electrons. The predicted octanol–water partition coefficient (Wildman–Crippen LogP) is 6.01. The highest BCUT2D eigenvalue weighted by Gasteiger charge is 2.30. The van der Waals surface area contributed by atoms with Crippen molar-refractivity contribution < 1.29 is 27.1 Å². The quantitative estimate of drug-likeness (QED) is 0.342. The topological polar surface area (TPSA) is 63.8 Å². The van der Waals surface area contributed by atoms with Gasteiger partial charge in [0.15, 0.2) is 6.61 Å². The standard InChI is InChI=1S/C24H23F3N2O3/c1-3-16(2)17-7-9-20(10-8-17)31-15-23(30)29-28-14-21-11-12-22(32-21)18-5-4-6-19(13-18)24(25,26)27/h4-14,16H,3,15H2,1-2H3,(H,29,30)/b28-14-/t16-/m0/s1. The number of hydrogen-bond donors (Lipinski definition) is 1. The lowest BCUT2D eigenvalue weighted by atomic mass is 9.99. The molecule has 1 atom stereocenters. The van der Waals surface area contributed by atoms with Gasteiger partial charge in [0.05, 0.1) is 11.8 Å². The first-order valence-electron chi connectivity index (χ1n) is 10.1. The van der Waals surface area contributed by atoms with Crippen LogP contribution < -0.4 is 10.2 Å². The molecule has 5 nitrogen and oxygen atoms in total. The van der Waals surface area contributed by atoms with Crippen molar-refractivity contribution in [3.8, 4) is 17.1 Å². The van der Waals surface area contributed by atoms with E-state index in [1.54, 1.807) is 6.07 Å². The summed E-state index contributed by atoms with van der Waals surface area (Å²) < 4.78 is 49.5. The second-order valence-corrected chi connectivity index (χ2v) is 7.24. The first-order chi connectivity index (χ1) is 15.3. The third-order valence-corrected chi connectivity index (χ3v) is 4.91.